The number of H-pyrrole nitrogens is 1. The third kappa shape index (κ3) is 1.68. The van der Waals surface area contributed by atoms with Crippen molar-refractivity contribution in [1.29, 1.82) is 0 Å². The van der Waals surface area contributed by atoms with E-state index in [0.29, 0.717) is 6.04 Å². The Balaban J connectivity index is 2.30. The minimum atomic E-state index is 0.407. The Morgan fingerprint density at radius 3 is 2.94 bits per heavy atom. The summed E-state index contributed by atoms with van der Waals surface area (Å²) >= 11 is 0. The molecule has 1 unspecified atom stereocenters. The van der Waals surface area contributed by atoms with Gasteiger partial charge in [-0.05, 0) is 39.2 Å². The second-order valence-electron chi connectivity index (χ2n) is 5.16. The maximum atomic E-state index is 4.65. The average Bonchev–Trinajstić information content (AvgIpc) is 2.51. The van der Waals surface area contributed by atoms with Crippen molar-refractivity contribution in [3.05, 3.63) is 33.5 Å². The molecule has 2 nitrogen and oxygen atoms in total. The lowest BCUT2D eigenvalue weighted by Crippen LogP contribution is -2.26. The van der Waals surface area contributed by atoms with Crippen LogP contribution in [0.5, 0.6) is 0 Å². The first-order valence-electron chi connectivity index (χ1n) is 6.28. The number of aromatic nitrogens is 1. The van der Waals surface area contributed by atoms with Gasteiger partial charge >= 0.3 is 0 Å². The maximum Gasteiger partial charge on any atom is 0.0635 e. The number of hydrogen-bond acceptors (Lipinski definition) is 1. The molecule has 0 aromatic carbocycles. The van der Waals surface area contributed by atoms with Crippen LogP contribution in [0.3, 0.4) is 0 Å². The number of nitrogens with zero attached hydrogens (tertiary/aromatic N) is 1. The minimum absolute atomic E-state index is 0.407. The second kappa shape index (κ2) is 3.73. The smallest absolute Gasteiger partial charge is 0.0635 e. The lowest BCUT2D eigenvalue weighted by molar-refractivity contribution is 0.724. The van der Waals surface area contributed by atoms with Crippen LogP contribution in [-0.4, -0.2) is 16.7 Å². The van der Waals surface area contributed by atoms with Gasteiger partial charge in [-0.1, -0.05) is 23.8 Å². The van der Waals surface area contributed by atoms with Crippen molar-refractivity contribution in [3.8, 4) is 0 Å². The van der Waals surface area contributed by atoms with E-state index in [1.807, 2.05) is 0 Å². The molecule has 1 N–H and O–H groups in total. The van der Waals surface area contributed by atoms with Crippen molar-refractivity contribution in [2.75, 3.05) is 0 Å². The van der Waals surface area contributed by atoms with Gasteiger partial charge in [-0.3, -0.25) is 4.99 Å². The highest BCUT2D eigenvalue weighted by Gasteiger charge is 2.19. The Labute approximate surface area is 101 Å². The summed E-state index contributed by atoms with van der Waals surface area (Å²) in [6.07, 6.45) is 8.88. The predicted molar refractivity (Wildman–Crippen MR) is 72.7 cm³/mol. The number of hydrogen-bond donors (Lipinski definition) is 1. The number of fused-ring (bicyclic) bond motifs is 3. The van der Waals surface area contributed by atoms with Crippen LogP contribution >= 0.6 is 0 Å². The quantitative estimate of drug-likeness (QED) is 0.697. The van der Waals surface area contributed by atoms with E-state index in [0.717, 1.165) is 18.6 Å². The highest BCUT2D eigenvalue weighted by Crippen LogP contribution is 2.14. The van der Waals surface area contributed by atoms with Gasteiger partial charge in [-0.2, -0.15) is 0 Å². The van der Waals surface area contributed by atoms with Crippen molar-refractivity contribution in [2.24, 2.45) is 4.99 Å². The zero-order chi connectivity index (χ0) is 12.0. The van der Waals surface area contributed by atoms with Gasteiger partial charge in [0.05, 0.1) is 17.4 Å². The summed E-state index contributed by atoms with van der Waals surface area (Å²) in [5.74, 6) is 0. The number of allylic oxidation sites excluding steroid dienone is 2. The predicted octanol–water partition coefficient (Wildman–Crippen LogP) is 1.68. The molecule has 0 fully saturated rings. The van der Waals surface area contributed by atoms with Crippen LogP contribution in [0.15, 0.2) is 16.6 Å². The van der Waals surface area contributed by atoms with Gasteiger partial charge in [-0.15, -0.1) is 0 Å². The Bertz CT molecular complexity index is 641. The zero-order valence-electron chi connectivity index (χ0n) is 10.7. The van der Waals surface area contributed by atoms with E-state index in [1.54, 1.807) is 0 Å². The topological polar surface area (TPSA) is 28.1 Å². The van der Waals surface area contributed by atoms with Crippen molar-refractivity contribution in [3.63, 3.8) is 0 Å². The van der Waals surface area contributed by atoms with Crippen LogP contribution in [0, 0.1) is 0 Å². The summed E-state index contributed by atoms with van der Waals surface area (Å²) < 4.78 is 0. The molecule has 2 heterocycles. The molecular formula is C15H18N2. The average molecular weight is 226 g/mol. The van der Waals surface area contributed by atoms with Gasteiger partial charge in [0.15, 0.2) is 0 Å². The normalized spacial score (nSPS) is 22.4. The van der Waals surface area contributed by atoms with Crippen molar-refractivity contribution >= 4 is 17.9 Å². The van der Waals surface area contributed by atoms with Gasteiger partial charge in [0, 0.05) is 10.6 Å². The van der Waals surface area contributed by atoms with Gasteiger partial charge < -0.3 is 4.98 Å². The molecule has 1 aromatic heterocycles. The van der Waals surface area contributed by atoms with Crippen molar-refractivity contribution in [1.82, 2.24) is 4.98 Å². The van der Waals surface area contributed by atoms with Crippen LogP contribution in [0.25, 0.3) is 12.2 Å². The zero-order valence-corrected chi connectivity index (χ0v) is 10.7. The molecule has 3 rings (SSSR count). The SMILES string of the molecule is CC1=CC=c2c3c([nH]c2=CC1)C(C)=NC(C)C3. The number of aliphatic imine (C=N–C) groups is 1. The molecule has 0 saturated carbocycles. The van der Waals surface area contributed by atoms with Crippen LogP contribution in [0.1, 0.15) is 38.4 Å². The molecule has 1 aliphatic carbocycles. The Morgan fingerprint density at radius 1 is 1.29 bits per heavy atom. The fraction of sp³-hybridized carbons (Fsp3) is 0.400. The molecule has 0 amide bonds. The summed E-state index contributed by atoms with van der Waals surface area (Å²) in [4.78, 5) is 8.18. The lowest BCUT2D eigenvalue weighted by atomic mass is 10.00. The summed E-state index contributed by atoms with van der Waals surface area (Å²) in [6, 6.07) is 0.407. The molecular weight excluding hydrogens is 208 g/mol. The first-order valence-corrected chi connectivity index (χ1v) is 6.28. The molecule has 0 bridgehead atoms. The van der Waals surface area contributed by atoms with Crippen LogP contribution in [0.4, 0.5) is 0 Å². The number of nitrogens with one attached hydrogen (secondary N) is 1. The Hall–Kier alpha value is -1.57. The van der Waals surface area contributed by atoms with Crippen molar-refractivity contribution in [2.45, 2.75) is 39.7 Å². The third-order valence-corrected chi connectivity index (χ3v) is 3.61. The largest absolute Gasteiger partial charge is 0.354 e. The van der Waals surface area contributed by atoms with Crippen LogP contribution in [-0.2, 0) is 6.42 Å². The standard InChI is InChI=1S/C15H18N2/c1-9-4-6-12-13-8-10(2)16-11(3)15(13)17-14(12)7-5-9/h4,6-7,10,17H,5,8H2,1-3H3. The molecule has 0 spiro atoms. The molecule has 0 radical (unpaired) electrons. The van der Waals surface area contributed by atoms with E-state index in [2.05, 4.69) is 49.0 Å². The fourth-order valence-corrected chi connectivity index (χ4v) is 2.74. The van der Waals surface area contributed by atoms with E-state index in [9.17, 15) is 0 Å². The second-order valence-corrected chi connectivity index (χ2v) is 5.16. The first kappa shape index (κ1) is 10.6. The molecule has 17 heavy (non-hydrogen) atoms. The Morgan fingerprint density at radius 2 is 2.12 bits per heavy atom. The van der Waals surface area contributed by atoms with Gasteiger partial charge in [0.25, 0.3) is 0 Å². The highest BCUT2D eigenvalue weighted by atomic mass is 14.9. The molecule has 0 saturated heterocycles. The van der Waals surface area contributed by atoms with E-state index in [4.69, 9.17) is 0 Å². The molecule has 88 valence electrons. The maximum absolute atomic E-state index is 4.65. The van der Waals surface area contributed by atoms with Gasteiger partial charge in [0.2, 0.25) is 0 Å². The first-order chi connectivity index (χ1) is 8.15. The lowest BCUT2D eigenvalue weighted by Gasteiger charge is -2.15. The van der Waals surface area contributed by atoms with Crippen LogP contribution < -0.4 is 10.6 Å². The molecule has 1 aromatic rings. The van der Waals surface area contributed by atoms with Gasteiger partial charge in [-0.25, -0.2) is 0 Å². The van der Waals surface area contributed by atoms with E-state index in [1.165, 1.54) is 27.4 Å². The van der Waals surface area contributed by atoms with E-state index >= 15 is 0 Å². The molecule has 2 heteroatoms. The highest BCUT2D eigenvalue weighted by molar-refractivity contribution is 5.99. The summed E-state index contributed by atoms with van der Waals surface area (Å²) in [6.45, 7) is 6.47. The number of aromatic amines is 1. The minimum Gasteiger partial charge on any atom is -0.354 e. The third-order valence-electron chi connectivity index (χ3n) is 3.61. The molecule has 2 aliphatic rings. The summed E-state index contributed by atoms with van der Waals surface area (Å²) in [7, 11) is 0. The Kier molecular flexibility index (Phi) is 2.32. The number of rotatable bonds is 0. The molecule has 1 aliphatic heterocycles. The van der Waals surface area contributed by atoms with Gasteiger partial charge in [0.1, 0.15) is 0 Å². The van der Waals surface area contributed by atoms with Crippen molar-refractivity contribution < 1.29 is 0 Å². The van der Waals surface area contributed by atoms with E-state index in [-0.39, 0.29) is 0 Å². The monoisotopic (exact) mass is 226 g/mol. The summed E-state index contributed by atoms with van der Waals surface area (Å²) in [5, 5.41) is 2.64. The van der Waals surface area contributed by atoms with Crippen LogP contribution in [0.2, 0.25) is 0 Å². The fourth-order valence-electron chi connectivity index (χ4n) is 2.74. The van der Waals surface area contributed by atoms with E-state index < -0.39 is 0 Å². The summed E-state index contributed by atoms with van der Waals surface area (Å²) in [5.41, 5.74) is 5.25. The molecule has 1 atom stereocenters.